The predicted molar refractivity (Wildman–Crippen MR) is 103 cm³/mol. The maximum absolute atomic E-state index is 12.0. The smallest absolute Gasteiger partial charge is 0.258 e. The van der Waals surface area contributed by atoms with Crippen LogP contribution >= 0.6 is 0 Å². The Morgan fingerprint density at radius 3 is 2.64 bits per heavy atom. The first kappa shape index (κ1) is 19.8. The summed E-state index contributed by atoms with van der Waals surface area (Å²) in [5, 5.41) is 2.79. The largest absolute Gasteiger partial charge is 0.484 e. The Morgan fingerprint density at radius 1 is 1.18 bits per heavy atom. The van der Waals surface area contributed by atoms with E-state index in [4.69, 9.17) is 9.47 Å². The Bertz CT molecular complexity index is 804. The molecule has 148 valence electrons. The van der Waals surface area contributed by atoms with Crippen molar-refractivity contribution in [2.75, 3.05) is 37.8 Å². The van der Waals surface area contributed by atoms with Crippen molar-refractivity contribution in [3.8, 4) is 5.75 Å². The first-order valence-corrected chi connectivity index (χ1v) is 9.32. The van der Waals surface area contributed by atoms with Crippen LogP contribution in [0.5, 0.6) is 5.75 Å². The average Bonchev–Trinajstić information content (AvgIpc) is 2.77. The van der Waals surface area contributed by atoms with E-state index in [9.17, 15) is 9.59 Å². The van der Waals surface area contributed by atoms with Gasteiger partial charge in [-0.15, -0.1) is 0 Å². The van der Waals surface area contributed by atoms with Crippen LogP contribution in [0.1, 0.15) is 29.4 Å². The van der Waals surface area contributed by atoms with Crippen molar-refractivity contribution in [3.63, 3.8) is 0 Å². The van der Waals surface area contributed by atoms with Crippen molar-refractivity contribution in [2.24, 2.45) is 0 Å². The van der Waals surface area contributed by atoms with Gasteiger partial charge in [0, 0.05) is 31.1 Å². The number of amides is 1. The van der Waals surface area contributed by atoms with E-state index in [1.54, 1.807) is 24.3 Å². The van der Waals surface area contributed by atoms with Crippen LogP contribution in [0.3, 0.4) is 0 Å². The minimum atomic E-state index is -0.250. The number of nitrogens with one attached hydrogen (secondary N) is 1. The maximum Gasteiger partial charge on any atom is 0.258 e. The first-order chi connectivity index (χ1) is 13.7. The van der Waals surface area contributed by atoms with Crippen LogP contribution in [-0.2, 0) is 16.1 Å². The number of benzene rings is 1. The number of carbonyl (C=O) groups is 2. The van der Waals surface area contributed by atoms with E-state index < -0.39 is 0 Å². The van der Waals surface area contributed by atoms with E-state index in [1.807, 2.05) is 13.0 Å². The van der Waals surface area contributed by atoms with E-state index in [-0.39, 0.29) is 18.3 Å². The van der Waals surface area contributed by atoms with Crippen molar-refractivity contribution in [1.29, 1.82) is 0 Å². The second-order valence-corrected chi connectivity index (χ2v) is 6.33. The molecule has 2 heterocycles. The van der Waals surface area contributed by atoms with Crippen molar-refractivity contribution in [1.82, 2.24) is 15.3 Å². The number of aromatic nitrogens is 2. The van der Waals surface area contributed by atoms with Crippen molar-refractivity contribution < 1.29 is 19.1 Å². The fraction of sp³-hybridized carbons (Fsp3) is 0.400. The highest BCUT2D eigenvalue weighted by molar-refractivity contribution is 5.95. The third kappa shape index (κ3) is 5.50. The van der Waals surface area contributed by atoms with Gasteiger partial charge in [-0.05, 0) is 24.3 Å². The molecule has 0 aliphatic carbocycles. The van der Waals surface area contributed by atoms with E-state index in [2.05, 4.69) is 20.2 Å². The molecule has 1 aliphatic heterocycles. The van der Waals surface area contributed by atoms with Crippen molar-refractivity contribution >= 4 is 17.5 Å². The molecule has 8 heteroatoms. The number of hydrogen-bond donors (Lipinski definition) is 1. The quantitative estimate of drug-likeness (QED) is 0.691. The predicted octanol–water partition coefficient (Wildman–Crippen LogP) is 1.60. The van der Waals surface area contributed by atoms with Gasteiger partial charge in [0.25, 0.3) is 5.91 Å². The van der Waals surface area contributed by atoms with Gasteiger partial charge in [-0.25, -0.2) is 9.97 Å². The molecule has 0 unspecified atom stereocenters. The van der Waals surface area contributed by atoms with Crippen LogP contribution in [0.4, 0.5) is 5.82 Å². The molecule has 8 nitrogen and oxygen atoms in total. The first-order valence-electron chi connectivity index (χ1n) is 9.32. The Kier molecular flexibility index (Phi) is 6.91. The minimum absolute atomic E-state index is 0.0746. The monoisotopic (exact) mass is 384 g/mol. The molecular formula is C20H24N4O4. The fourth-order valence-electron chi connectivity index (χ4n) is 2.78. The maximum atomic E-state index is 12.0. The Balaban J connectivity index is 1.46. The van der Waals surface area contributed by atoms with Gasteiger partial charge in [-0.1, -0.05) is 6.92 Å². The SMILES string of the molecule is CCC(=O)c1ccc(OCC(=O)NCc2cc(N3CCOCC3)ncn2)cc1. The van der Waals surface area contributed by atoms with Crippen LogP contribution in [-0.4, -0.2) is 54.6 Å². The Hall–Kier alpha value is -3.00. The van der Waals surface area contributed by atoms with Crippen molar-refractivity contribution in [3.05, 3.63) is 47.9 Å². The summed E-state index contributed by atoms with van der Waals surface area (Å²) in [7, 11) is 0. The third-order valence-electron chi connectivity index (χ3n) is 4.38. The molecular weight excluding hydrogens is 360 g/mol. The topological polar surface area (TPSA) is 93.7 Å². The molecule has 1 amide bonds. The summed E-state index contributed by atoms with van der Waals surface area (Å²) < 4.78 is 10.8. The summed E-state index contributed by atoms with van der Waals surface area (Å²) in [6.45, 7) is 4.95. The Labute approximate surface area is 163 Å². The molecule has 2 aromatic rings. The molecule has 1 fully saturated rings. The summed E-state index contributed by atoms with van der Waals surface area (Å²) in [5.74, 6) is 1.20. The van der Waals surface area contributed by atoms with Gasteiger partial charge >= 0.3 is 0 Å². The molecule has 0 radical (unpaired) electrons. The van der Waals surface area contributed by atoms with E-state index in [1.165, 1.54) is 6.33 Å². The van der Waals surface area contributed by atoms with Gasteiger partial charge in [0.05, 0.1) is 25.5 Å². The highest BCUT2D eigenvalue weighted by atomic mass is 16.5. The number of ketones is 1. The molecule has 0 spiro atoms. The third-order valence-corrected chi connectivity index (χ3v) is 4.38. The van der Waals surface area contributed by atoms with Gasteiger partial charge in [-0.3, -0.25) is 9.59 Å². The lowest BCUT2D eigenvalue weighted by atomic mass is 10.1. The van der Waals surface area contributed by atoms with Gasteiger partial charge in [0.15, 0.2) is 12.4 Å². The molecule has 0 atom stereocenters. The Morgan fingerprint density at radius 2 is 1.93 bits per heavy atom. The van der Waals surface area contributed by atoms with E-state index in [0.29, 0.717) is 37.5 Å². The normalized spacial score (nSPS) is 13.8. The molecule has 1 aromatic heterocycles. The molecule has 28 heavy (non-hydrogen) atoms. The number of Topliss-reactive ketones (excluding diaryl/α,β-unsaturated/α-hetero) is 1. The highest BCUT2D eigenvalue weighted by Gasteiger charge is 2.13. The van der Waals surface area contributed by atoms with Crippen LogP contribution in [0.15, 0.2) is 36.7 Å². The lowest BCUT2D eigenvalue weighted by Gasteiger charge is -2.27. The molecule has 1 aromatic carbocycles. The summed E-state index contributed by atoms with van der Waals surface area (Å²) in [5.41, 5.74) is 1.37. The number of carbonyl (C=O) groups excluding carboxylic acids is 2. The van der Waals surface area contributed by atoms with Gasteiger partial charge < -0.3 is 19.7 Å². The molecule has 0 bridgehead atoms. The molecule has 3 rings (SSSR count). The summed E-state index contributed by atoms with van der Waals surface area (Å²) in [6.07, 6.45) is 1.96. The fourth-order valence-corrected chi connectivity index (χ4v) is 2.78. The minimum Gasteiger partial charge on any atom is -0.484 e. The van der Waals surface area contributed by atoms with Crippen LogP contribution in [0.25, 0.3) is 0 Å². The zero-order chi connectivity index (χ0) is 19.8. The van der Waals surface area contributed by atoms with Crippen molar-refractivity contribution in [2.45, 2.75) is 19.9 Å². The standard InChI is InChI=1S/C20H24N4O4/c1-2-18(25)15-3-5-17(6-4-15)28-13-20(26)21-12-16-11-19(23-14-22-16)24-7-9-27-10-8-24/h3-6,11,14H,2,7-10,12-13H2,1H3,(H,21,26). The lowest BCUT2D eigenvalue weighted by molar-refractivity contribution is -0.123. The number of hydrogen-bond acceptors (Lipinski definition) is 7. The zero-order valence-corrected chi connectivity index (χ0v) is 15.9. The number of ether oxygens (including phenoxy) is 2. The number of rotatable bonds is 8. The number of anilines is 1. The summed E-state index contributed by atoms with van der Waals surface area (Å²) in [4.78, 5) is 34.3. The van der Waals surface area contributed by atoms with Crippen LogP contribution < -0.4 is 15.0 Å². The van der Waals surface area contributed by atoms with E-state index >= 15 is 0 Å². The number of morpholine rings is 1. The van der Waals surface area contributed by atoms with Gasteiger partial charge in [-0.2, -0.15) is 0 Å². The molecule has 0 saturated carbocycles. The lowest BCUT2D eigenvalue weighted by Crippen LogP contribution is -2.37. The van der Waals surface area contributed by atoms with Crippen LogP contribution in [0, 0.1) is 0 Å². The second kappa shape index (κ2) is 9.80. The molecule has 1 saturated heterocycles. The number of nitrogens with zero attached hydrogens (tertiary/aromatic N) is 3. The van der Waals surface area contributed by atoms with Crippen LogP contribution in [0.2, 0.25) is 0 Å². The molecule has 1 aliphatic rings. The van der Waals surface area contributed by atoms with Gasteiger partial charge in [0.2, 0.25) is 0 Å². The second-order valence-electron chi connectivity index (χ2n) is 6.33. The zero-order valence-electron chi connectivity index (χ0n) is 15.9. The van der Waals surface area contributed by atoms with E-state index in [0.717, 1.165) is 24.6 Å². The average molecular weight is 384 g/mol. The summed E-state index contributed by atoms with van der Waals surface area (Å²) >= 11 is 0. The summed E-state index contributed by atoms with van der Waals surface area (Å²) in [6, 6.07) is 8.65. The highest BCUT2D eigenvalue weighted by Crippen LogP contribution is 2.14. The van der Waals surface area contributed by atoms with Gasteiger partial charge in [0.1, 0.15) is 17.9 Å². The molecule has 1 N–H and O–H groups in total.